The molecule has 4 heteroatoms. The maximum absolute atomic E-state index is 12.6. The Balaban J connectivity index is 2.18. The van der Waals surface area contributed by atoms with E-state index < -0.39 is 11.7 Å². The molecule has 0 bridgehead atoms. The maximum atomic E-state index is 12.6. The summed E-state index contributed by atoms with van der Waals surface area (Å²) in [4.78, 5) is 0. The standard InChI is InChI=1S/C13H12F3N/c14-13(15,16)10-4-5-12-9(7-10)8-11-3-1-2-6-17(11)12/h4-5,7-8H,1-3,6H2. The minimum Gasteiger partial charge on any atom is -0.345 e. The summed E-state index contributed by atoms with van der Waals surface area (Å²) in [6.07, 6.45) is -1.05. The van der Waals surface area contributed by atoms with E-state index in [0.717, 1.165) is 37.0 Å². The summed E-state index contributed by atoms with van der Waals surface area (Å²) in [6, 6.07) is 5.90. The third-order valence-electron chi connectivity index (χ3n) is 3.38. The van der Waals surface area contributed by atoms with E-state index in [4.69, 9.17) is 0 Å². The van der Waals surface area contributed by atoms with Crippen molar-refractivity contribution in [2.45, 2.75) is 32.0 Å². The SMILES string of the molecule is FC(F)(F)c1ccc2c(c1)cc1n2CCCC1. The zero-order chi connectivity index (χ0) is 12.0. The van der Waals surface area contributed by atoms with Crippen molar-refractivity contribution in [3.63, 3.8) is 0 Å². The van der Waals surface area contributed by atoms with E-state index in [1.807, 2.05) is 6.07 Å². The lowest BCUT2D eigenvalue weighted by Crippen LogP contribution is -2.09. The normalized spacial score (nSPS) is 16.2. The van der Waals surface area contributed by atoms with Crippen LogP contribution in [-0.2, 0) is 19.1 Å². The molecule has 1 aromatic carbocycles. The average molecular weight is 239 g/mol. The summed E-state index contributed by atoms with van der Waals surface area (Å²) in [6.45, 7) is 0.921. The van der Waals surface area contributed by atoms with Crippen LogP contribution in [0.25, 0.3) is 10.9 Å². The first-order valence-corrected chi connectivity index (χ1v) is 5.75. The third kappa shape index (κ3) is 1.72. The second-order valence-electron chi connectivity index (χ2n) is 4.52. The molecule has 1 aromatic heterocycles. The van der Waals surface area contributed by atoms with Crippen LogP contribution in [0.2, 0.25) is 0 Å². The molecular formula is C13H12F3N. The fourth-order valence-corrected chi connectivity index (χ4v) is 2.55. The lowest BCUT2D eigenvalue weighted by Gasteiger charge is -2.15. The van der Waals surface area contributed by atoms with Crippen molar-refractivity contribution in [1.29, 1.82) is 0 Å². The van der Waals surface area contributed by atoms with Crippen molar-refractivity contribution in [2.24, 2.45) is 0 Å². The van der Waals surface area contributed by atoms with Gasteiger partial charge in [-0.3, -0.25) is 0 Å². The summed E-state index contributed by atoms with van der Waals surface area (Å²) in [7, 11) is 0. The first kappa shape index (κ1) is 10.7. The van der Waals surface area contributed by atoms with Crippen LogP contribution in [0.4, 0.5) is 13.2 Å². The highest BCUT2D eigenvalue weighted by molar-refractivity contribution is 5.82. The predicted octanol–water partition coefficient (Wildman–Crippen LogP) is 4.00. The van der Waals surface area contributed by atoms with Crippen molar-refractivity contribution in [2.75, 3.05) is 0 Å². The molecule has 0 spiro atoms. The third-order valence-corrected chi connectivity index (χ3v) is 3.38. The van der Waals surface area contributed by atoms with E-state index in [1.165, 1.54) is 12.1 Å². The monoisotopic (exact) mass is 239 g/mol. The first-order valence-electron chi connectivity index (χ1n) is 5.75. The van der Waals surface area contributed by atoms with Crippen LogP contribution in [0.1, 0.15) is 24.1 Å². The fourth-order valence-electron chi connectivity index (χ4n) is 2.55. The van der Waals surface area contributed by atoms with Gasteiger partial charge in [-0.25, -0.2) is 0 Å². The van der Waals surface area contributed by atoms with E-state index in [0.29, 0.717) is 5.39 Å². The van der Waals surface area contributed by atoms with Crippen molar-refractivity contribution in [1.82, 2.24) is 4.57 Å². The van der Waals surface area contributed by atoms with E-state index >= 15 is 0 Å². The molecule has 0 fully saturated rings. The largest absolute Gasteiger partial charge is 0.416 e. The molecule has 0 saturated carbocycles. The molecule has 0 aliphatic carbocycles. The molecular weight excluding hydrogens is 227 g/mol. The molecule has 0 N–H and O–H groups in total. The highest BCUT2D eigenvalue weighted by Crippen LogP contribution is 2.33. The summed E-state index contributed by atoms with van der Waals surface area (Å²) >= 11 is 0. The molecule has 0 saturated heterocycles. The number of aromatic nitrogens is 1. The first-order chi connectivity index (χ1) is 8.05. The molecule has 0 radical (unpaired) electrons. The molecule has 90 valence electrons. The van der Waals surface area contributed by atoms with E-state index in [1.54, 1.807) is 6.07 Å². The quantitative estimate of drug-likeness (QED) is 0.655. The average Bonchev–Trinajstić information content (AvgIpc) is 2.65. The van der Waals surface area contributed by atoms with Crippen LogP contribution in [0.3, 0.4) is 0 Å². The van der Waals surface area contributed by atoms with Crippen LogP contribution >= 0.6 is 0 Å². The molecule has 0 unspecified atom stereocenters. The molecule has 0 amide bonds. The smallest absolute Gasteiger partial charge is 0.345 e. The summed E-state index contributed by atoms with van der Waals surface area (Å²) in [5.41, 5.74) is 1.52. The zero-order valence-corrected chi connectivity index (χ0v) is 9.22. The number of halogens is 3. The number of hydrogen-bond acceptors (Lipinski definition) is 0. The number of rotatable bonds is 0. The topological polar surface area (TPSA) is 4.93 Å². The van der Waals surface area contributed by atoms with Crippen LogP contribution in [0.15, 0.2) is 24.3 Å². The van der Waals surface area contributed by atoms with Gasteiger partial charge in [0.2, 0.25) is 0 Å². The van der Waals surface area contributed by atoms with Gasteiger partial charge < -0.3 is 4.57 Å². The van der Waals surface area contributed by atoms with Gasteiger partial charge in [-0.15, -0.1) is 0 Å². The minimum absolute atomic E-state index is 0.562. The van der Waals surface area contributed by atoms with Gasteiger partial charge in [-0.1, -0.05) is 0 Å². The zero-order valence-electron chi connectivity index (χ0n) is 9.22. The van der Waals surface area contributed by atoms with Crippen LogP contribution in [0, 0.1) is 0 Å². The Kier molecular flexibility index (Phi) is 2.21. The Bertz CT molecular complexity index is 566. The Morgan fingerprint density at radius 2 is 1.88 bits per heavy atom. The van der Waals surface area contributed by atoms with Gasteiger partial charge in [0.25, 0.3) is 0 Å². The molecule has 1 aliphatic heterocycles. The molecule has 0 atom stereocenters. The molecule has 3 rings (SSSR count). The molecule has 2 aromatic rings. The van der Waals surface area contributed by atoms with Gasteiger partial charge in [0, 0.05) is 23.1 Å². The van der Waals surface area contributed by atoms with Crippen molar-refractivity contribution >= 4 is 10.9 Å². The number of benzene rings is 1. The molecule has 1 aliphatic rings. The fraction of sp³-hybridized carbons (Fsp3) is 0.385. The second-order valence-corrected chi connectivity index (χ2v) is 4.52. The van der Waals surface area contributed by atoms with E-state index in [9.17, 15) is 13.2 Å². The van der Waals surface area contributed by atoms with Gasteiger partial charge >= 0.3 is 6.18 Å². The van der Waals surface area contributed by atoms with Crippen molar-refractivity contribution in [3.05, 3.63) is 35.5 Å². The summed E-state index contributed by atoms with van der Waals surface area (Å²) < 4.78 is 39.9. The van der Waals surface area contributed by atoms with Crippen LogP contribution in [0.5, 0.6) is 0 Å². The van der Waals surface area contributed by atoms with Gasteiger partial charge in [-0.2, -0.15) is 13.2 Å². The van der Waals surface area contributed by atoms with Crippen LogP contribution < -0.4 is 0 Å². The van der Waals surface area contributed by atoms with E-state index in [2.05, 4.69) is 4.57 Å². The predicted molar refractivity (Wildman–Crippen MR) is 59.9 cm³/mol. The minimum atomic E-state index is -4.25. The summed E-state index contributed by atoms with van der Waals surface area (Å²) in [5.74, 6) is 0. The molecule has 1 nitrogen and oxygen atoms in total. The number of hydrogen-bond donors (Lipinski definition) is 0. The molecule has 2 heterocycles. The van der Waals surface area contributed by atoms with Gasteiger partial charge in [0.05, 0.1) is 5.56 Å². The van der Waals surface area contributed by atoms with Gasteiger partial charge in [0.1, 0.15) is 0 Å². The maximum Gasteiger partial charge on any atom is 0.416 e. The van der Waals surface area contributed by atoms with Crippen LogP contribution in [-0.4, -0.2) is 4.57 Å². The number of alkyl halides is 3. The Morgan fingerprint density at radius 1 is 1.06 bits per heavy atom. The Morgan fingerprint density at radius 3 is 2.65 bits per heavy atom. The van der Waals surface area contributed by atoms with Crippen molar-refractivity contribution < 1.29 is 13.2 Å². The highest BCUT2D eigenvalue weighted by atomic mass is 19.4. The molecule has 17 heavy (non-hydrogen) atoms. The number of fused-ring (bicyclic) bond motifs is 3. The van der Waals surface area contributed by atoms with Gasteiger partial charge in [-0.05, 0) is 43.5 Å². The van der Waals surface area contributed by atoms with Crippen molar-refractivity contribution in [3.8, 4) is 0 Å². The van der Waals surface area contributed by atoms with E-state index in [-0.39, 0.29) is 0 Å². The number of aryl methyl sites for hydroxylation is 2. The Hall–Kier alpha value is -1.45. The second kappa shape index (κ2) is 3.52. The summed E-state index contributed by atoms with van der Waals surface area (Å²) in [5, 5.41) is 0.705. The lowest BCUT2D eigenvalue weighted by atomic mass is 10.1. The lowest BCUT2D eigenvalue weighted by molar-refractivity contribution is -0.137. The van der Waals surface area contributed by atoms with Gasteiger partial charge in [0.15, 0.2) is 0 Å². The number of nitrogens with zero attached hydrogens (tertiary/aromatic N) is 1. The Labute approximate surface area is 96.8 Å². The highest BCUT2D eigenvalue weighted by Gasteiger charge is 2.30.